The zero-order valence-electron chi connectivity index (χ0n) is 75.6. The summed E-state index contributed by atoms with van der Waals surface area (Å²) in [7, 11) is 0. The predicted molar refractivity (Wildman–Crippen MR) is 578 cm³/mol. The molecule has 0 amide bonds. The second-order valence-corrected chi connectivity index (χ2v) is 36.2. The van der Waals surface area contributed by atoms with E-state index in [0.29, 0.717) is 0 Å². The summed E-state index contributed by atoms with van der Waals surface area (Å²) in [5, 5.41) is 9.55. The SMILES string of the molecule is CC1(C)c2ccc(-c3cccc4c(-c5cccc(N(c6ccc(-c7cccc(-c8ccccc8)c7)cc6)c6cccc(-c7ccccc7)c6)c5)cccc34)cc2-c2cccc(-c3ccc(N(c4cccc(-c5ccccc5)c4)c4cccc(-c5ccc(-c6cccc7c(N(c8cccc(-c9ccccc9)c8)c8cccc(-c9cccc%10ccccc9%10)c8)cccc67)c6ccccc56)c4)cc3)c21. The smallest absolute Gasteiger partial charge is 0.0540 e. The molecule has 23 aromatic rings. The second-order valence-electron chi connectivity index (χ2n) is 36.2. The predicted octanol–water partition coefficient (Wildman–Crippen LogP) is 37.4. The van der Waals surface area contributed by atoms with Gasteiger partial charge >= 0.3 is 0 Å². The monoisotopic (exact) mass is 1730 g/mol. The molecule has 23 aromatic carbocycles. The van der Waals surface area contributed by atoms with Crippen LogP contribution in [-0.2, 0) is 5.41 Å². The topological polar surface area (TPSA) is 9.72 Å². The third-order valence-electron chi connectivity index (χ3n) is 27.8. The van der Waals surface area contributed by atoms with Crippen LogP contribution in [0.15, 0.2) is 528 Å². The summed E-state index contributed by atoms with van der Waals surface area (Å²) in [5.74, 6) is 0. The van der Waals surface area contributed by atoms with Gasteiger partial charge in [0, 0.05) is 56.3 Å². The lowest BCUT2D eigenvalue weighted by Crippen LogP contribution is -2.16. The van der Waals surface area contributed by atoms with Crippen molar-refractivity contribution in [3.63, 3.8) is 0 Å². The lowest BCUT2D eigenvalue weighted by Gasteiger charge is -2.28. The van der Waals surface area contributed by atoms with E-state index in [0.717, 1.165) is 101 Å². The van der Waals surface area contributed by atoms with E-state index in [4.69, 9.17) is 0 Å². The third-order valence-corrected chi connectivity index (χ3v) is 27.8. The Labute approximate surface area is 795 Å². The maximum Gasteiger partial charge on any atom is 0.0540 e. The molecule has 1 aliphatic carbocycles. The molecule has 0 unspecified atom stereocenters. The van der Waals surface area contributed by atoms with E-state index in [2.05, 4.69) is 556 Å². The van der Waals surface area contributed by atoms with Crippen LogP contribution < -0.4 is 14.7 Å². The Morgan fingerprint density at radius 2 is 0.412 bits per heavy atom. The van der Waals surface area contributed by atoms with Crippen LogP contribution in [0.3, 0.4) is 0 Å². The molecule has 640 valence electrons. The van der Waals surface area contributed by atoms with Crippen LogP contribution in [0, 0.1) is 0 Å². The largest absolute Gasteiger partial charge is 0.310 e. The highest BCUT2D eigenvalue weighted by Gasteiger charge is 2.38. The van der Waals surface area contributed by atoms with Crippen molar-refractivity contribution in [2.45, 2.75) is 19.3 Å². The van der Waals surface area contributed by atoms with Crippen molar-refractivity contribution in [1.82, 2.24) is 0 Å². The number of hydrogen-bond donors (Lipinski definition) is 0. The highest BCUT2D eigenvalue weighted by Crippen LogP contribution is 2.55. The summed E-state index contributed by atoms with van der Waals surface area (Å²) in [6.07, 6.45) is 0. The summed E-state index contributed by atoms with van der Waals surface area (Å²) in [6.45, 7) is 4.83. The number of rotatable bonds is 20. The first kappa shape index (κ1) is 81.7. The minimum Gasteiger partial charge on any atom is -0.310 e. The first-order chi connectivity index (χ1) is 67.2. The summed E-state index contributed by atoms with van der Waals surface area (Å²) in [4.78, 5) is 7.29. The van der Waals surface area contributed by atoms with Gasteiger partial charge in [-0.2, -0.15) is 0 Å². The Morgan fingerprint density at radius 3 is 0.897 bits per heavy atom. The molecule has 1 aliphatic rings. The van der Waals surface area contributed by atoms with Crippen LogP contribution in [-0.4, -0.2) is 0 Å². The van der Waals surface area contributed by atoms with E-state index < -0.39 is 0 Å². The molecule has 0 spiro atoms. The lowest BCUT2D eigenvalue weighted by atomic mass is 9.78. The maximum atomic E-state index is 2.47. The van der Waals surface area contributed by atoms with Gasteiger partial charge in [-0.25, -0.2) is 0 Å². The van der Waals surface area contributed by atoms with E-state index in [-0.39, 0.29) is 5.41 Å². The number of nitrogens with zero attached hydrogens (tertiary/aromatic N) is 3. The van der Waals surface area contributed by atoms with Crippen LogP contribution >= 0.6 is 0 Å². The third kappa shape index (κ3) is 15.1. The lowest BCUT2D eigenvalue weighted by molar-refractivity contribution is 0.662. The van der Waals surface area contributed by atoms with Crippen LogP contribution in [0.1, 0.15) is 25.0 Å². The summed E-state index contributed by atoms with van der Waals surface area (Å²) < 4.78 is 0. The molecule has 0 atom stereocenters. The van der Waals surface area contributed by atoms with Gasteiger partial charge in [0.05, 0.1) is 5.69 Å². The van der Waals surface area contributed by atoms with E-state index in [9.17, 15) is 0 Å². The Bertz CT molecular complexity index is 8490. The van der Waals surface area contributed by atoms with E-state index in [1.807, 2.05) is 0 Å². The fourth-order valence-corrected chi connectivity index (χ4v) is 21.3. The maximum absolute atomic E-state index is 2.47. The molecule has 0 saturated heterocycles. The highest BCUT2D eigenvalue weighted by molar-refractivity contribution is 6.14. The van der Waals surface area contributed by atoms with Crippen molar-refractivity contribution < 1.29 is 0 Å². The summed E-state index contributed by atoms with van der Waals surface area (Å²) in [5.41, 5.74) is 40.4. The van der Waals surface area contributed by atoms with E-state index in [1.54, 1.807) is 0 Å². The van der Waals surface area contributed by atoms with Crippen LogP contribution in [0.25, 0.3) is 177 Å². The molecular weight excluding hydrogens is 1640 g/mol. The minimum absolute atomic E-state index is 0.305. The van der Waals surface area contributed by atoms with Crippen molar-refractivity contribution in [2.24, 2.45) is 0 Å². The molecule has 0 fully saturated rings. The number of hydrogen-bond acceptors (Lipinski definition) is 3. The zero-order valence-corrected chi connectivity index (χ0v) is 75.6. The molecule has 0 aromatic heterocycles. The van der Waals surface area contributed by atoms with Crippen molar-refractivity contribution in [3.05, 3.63) is 539 Å². The number of benzene rings is 23. The van der Waals surface area contributed by atoms with Crippen LogP contribution in [0.4, 0.5) is 51.2 Å². The molecule has 0 bridgehead atoms. The second kappa shape index (κ2) is 35.0. The normalized spacial score (nSPS) is 12.0. The van der Waals surface area contributed by atoms with E-state index >= 15 is 0 Å². The average Bonchev–Trinajstić information content (AvgIpc) is 1.56. The van der Waals surface area contributed by atoms with Crippen molar-refractivity contribution in [2.75, 3.05) is 14.7 Å². The fraction of sp³-hybridized carbons (Fsp3) is 0.0226. The minimum atomic E-state index is -0.305. The molecule has 0 heterocycles. The Morgan fingerprint density at radius 1 is 0.140 bits per heavy atom. The molecule has 136 heavy (non-hydrogen) atoms. The quantitative estimate of drug-likeness (QED) is 0.0753. The van der Waals surface area contributed by atoms with E-state index in [1.165, 1.54) is 138 Å². The van der Waals surface area contributed by atoms with Crippen molar-refractivity contribution in [1.29, 1.82) is 0 Å². The Balaban J connectivity index is 0.554. The highest BCUT2D eigenvalue weighted by atomic mass is 15.2. The standard InChI is InChI=1S/C133H93N3/c1-133(2)130-81-74-105(117-61-28-63-121-116(60-27-64-122(117)121)103-48-23-52-110(86-103)134(108-50-20-44-99(83-108)91-34-9-4-10-35-91)106-75-70-94(71-76-106)98-43-19-42-97(82-98)90-32-7-3-8-33-90)89-129(130)128-68-29-62-119(132(128)133)96-72-77-107(78-73-96)135(109-51-21-45-100(84-109)92-36-11-5-12-37-92)111-53-24-49-104(87-111)118-79-80-126(123-58-18-17-57-120(118)123)124-65-30-67-127-125(124)66-31-69-131(127)136(112-54-22-46-101(85-112)93-38-13-6-14-39-93)113-55-25-47-102(88-113)115-59-26-41-95-40-15-16-56-114(95)115/h3-89H,1-2H3. The molecule has 0 N–H and O–H groups in total. The first-order valence-electron chi connectivity index (χ1n) is 47.1. The van der Waals surface area contributed by atoms with Crippen LogP contribution in [0.2, 0.25) is 0 Å². The van der Waals surface area contributed by atoms with Gasteiger partial charge in [0.25, 0.3) is 0 Å². The number of anilines is 9. The summed E-state index contributed by atoms with van der Waals surface area (Å²) in [6, 6.07) is 195. The van der Waals surface area contributed by atoms with Gasteiger partial charge in [0.15, 0.2) is 0 Å². The van der Waals surface area contributed by atoms with Gasteiger partial charge in [-0.1, -0.05) is 426 Å². The molecule has 3 nitrogen and oxygen atoms in total. The Kier molecular flexibility index (Phi) is 21.0. The molecule has 0 saturated carbocycles. The van der Waals surface area contributed by atoms with Gasteiger partial charge in [-0.05, 0) is 298 Å². The molecule has 24 rings (SSSR count). The van der Waals surface area contributed by atoms with Crippen molar-refractivity contribution >= 4 is 94.3 Å². The van der Waals surface area contributed by atoms with Crippen LogP contribution in [0.5, 0.6) is 0 Å². The summed E-state index contributed by atoms with van der Waals surface area (Å²) >= 11 is 0. The van der Waals surface area contributed by atoms with Gasteiger partial charge < -0.3 is 14.7 Å². The molecule has 0 aliphatic heterocycles. The van der Waals surface area contributed by atoms with Gasteiger partial charge in [0.1, 0.15) is 0 Å². The van der Waals surface area contributed by atoms with Crippen molar-refractivity contribution in [3.8, 4) is 134 Å². The first-order valence-corrected chi connectivity index (χ1v) is 47.1. The van der Waals surface area contributed by atoms with Gasteiger partial charge in [-0.3, -0.25) is 0 Å². The molecular formula is C133H93N3. The Hall–Kier alpha value is -17.5. The fourth-order valence-electron chi connectivity index (χ4n) is 21.3. The average molecular weight is 1730 g/mol. The number of fused-ring (bicyclic) bond motifs is 7. The van der Waals surface area contributed by atoms with Gasteiger partial charge in [0.2, 0.25) is 0 Å². The molecule has 3 heteroatoms. The van der Waals surface area contributed by atoms with Gasteiger partial charge in [-0.15, -0.1) is 0 Å². The molecule has 0 radical (unpaired) electrons. The zero-order chi connectivity index (χ0) is 90.6.